The van der Waals surface area contributed by atoms with E-state index in [2.05, 4.69) is 57.1 Å². The third-order valence-electron chi connectivity index (χ3n) is 3.85. The van der Waals surface area contributed by atoms with E-state index in [1.807, 2.05) is 17.8 Å². The zero-order valence-corrected chi connectivity index (χ0v) is 14.5. The largest absolute Gasteiger partial charge is 0.248 e. The fourth-order valence-corrected chi connectivity index (χ4v) is 2.51. The van der Waals surface area contributed by atoms with E-state index in [1.54, 1.807) is 0 Å². The average Bonchev–Trinajstić information content (AvgIpc) is 2.81. The van der Waals surface area contributed by atoms with Gasteiger partial charge in [-0.3, -0.25) is 0 Å². The lowest BCUT2D eigenvalue weighted by atomic mass is 9.84. The second-order valence-corrected chi connectivity index (χ2v) is 7.45. The first-order valence-corrected chi connectivity index (χ1v) is 7.77. The molecular weight excluding hydrogens is 282 g/mol. The predicted octanol–water partition coefficient (Wildman–Crippen LogP) is 4.54. The third kappa shape index (κ3) is 3.65. The second-order valence-electron chi connectivity index (χ2n) is 6.80. The van der Waals surface area contributed by atoms with Crippen LogP contribution in [0.1, 0.15) is 61.0 Å². The zero-order chi connectivity index (χ0) is 15.8. The van der Waals surface area contributed by atoms with Crippen LogP contribution in [0.25, 0.3) is 0 Å². The molecule has 2 aromatic rings. The summed E-state index contributed by atoms with van der Waals surface area (Å²) in [5.41, 5.74) is 6.27. The van der Waals surface area contributed by atoms with Gasteiger partial charge >= 0.3 is 0 Å². The topological polar surface area (TPSA) is 30.7 Å². The van der Waals surface area contributed by atoms with Crippen LogP contribution in [0.3, 0.4) is 0 Å². The summed E-state index contributed by atoms with van der Waals surface area (Å²) in [7, 11) is 0. The van der Waals surface area contributed by atoms with Crippen molar-refractivity contribution in [2.45, 2.75) is 58.9 Å². The van der Waals surface area contributed by atoms with Gasteiger partial charge in [-0.1, -0.05) is 38.1 Å². The third-order valence-corrected chi connectivity index (χ3v) is 4.07. The Balaban J connectivity index is 2.32. The number of nitrogens with zero attached hydrogens (tertiary/aromatic N) is 3. The first-order valence-electron chi connectivity index (χ1n) is 7.33. The summed E-state index contributed by atoms with van der Waals surface area (Å²) >= 11 is 6.04. The van der Waals surface area contributed by atoms with Crippen LogP contribution in [0.2, 0.25) is 0 Å². The number of hydrogen-bond donors (Lipinski definition) is 0. The molecule has 4 heteroatoms. The van der Waals surface area contributed by atoms with Crippen LogP contribution in [0.5, 0.6) is 0 Å². The molecular formula is C17H24ClN3. The van der Waals surface area contributed by atoms with Gasteiger partial charge in [0.15, 0.2) is 0 Å². The molecule has 2 rings (SSSR count). The van der Waals surface area contributed by atoms with Crippen molar-refractivity contribution in [2.24, 2.45) is 0 Å². The summed E-state index contributed by atoms with van der Waals surface area (Å²) in [6, 6.07) is 4.56. The van der Waals surface area contributed by atoms with E-state index in [-0.39, 0.29) is 10.8 Å². The molecule has 1 aromatic carbocycles. The maximum Gasteiger partial charge on any atom is 0.100 e. The van der Waals surface area contributed by atoms with Crippen molar-refractivity contribution in [1.29, 1.82) is 0 Å². The highest BCUT2D eigenvalue weighted by atomic mass is 35.5. The molecule has 1 heterocycles. The Labute approximate surface area is 132 Å². The lowest BCUT2D eigenvalue weighted by Crippen LogP contribution is -2.13. The number of benzene rings is 1. The molecule has 21 heavy (non-hydrogen) atoms. The first-order chi connectivity index (χ1) is 9.68. The summed E-state index contributed by atoms with van der Waals surface area (Å²) in [6.45, 7) is 13.7. The Bertz CT molecular complexity index is 613. The van der Waals surface area contributed by atoms with Crippen LogP contribution in [-0.4, -0.2) is 15.0 Å². The molecule has 0 aliphatic heterocycles. The van der Waals surface area contributed by atoms with Gasteiger partial charge in [-0.2, -0.15) is 0 Å². The van der Waals surface area contributed by atoms with Crippen LogP contribution in [0.4, 0.5) is 0 Å². The Kier molecular flexibility index (Phi) is 4.43. The molecule has 1 unspecified atom stereocenters. The minimum Gasteiger partial charge on any atom is -0.248 e. The summed E-state index contributed by atoms with van der Waals surface area (Å²) < 4.78 is 1.86. The molecule has 1 atom stereocenters. The molecule has 0 aliphatic rings. The van der Waals surface area contributed by atoms with Crippen molar-refractivity contribution < 1.29 is 0 Å². The summed E-state index contributed by atoms with van der Waals surface area (Å²) in [6.07, 6.45) is 1.92. The lowest BCUT2D eigenvalue weighted by Gasteiger charge is -2.22. The Morgan fingerprint density at radius 3 is 2.19 bits per heavy atom. The number of hydrogen-bond acceptors (Lipinski definition) is 2. The molecule has 1 aromatic heterocycles. The molecule has 0 bridgehead atoms. The van der Waals surface area contributed by atoms with E-state index in [9.17, 15) is 0 Å². The van der Waals surface area contributed by atoms with E-state index in [0.29, 0.717) is 0 Å². The van der Waals surface area contributed by atoms with E-state index >= 15 is 0 Å². The molecule has 0 amide bonds. The van der Waals surface area contributed by atoms with Gasteiger partial charge in [0.1, 0.15) is 5.69 Å². The highest BCUT2D eigenvalue weighted by Gasteiger charge is 2.17. The maximum atomic E-state index is 6.04. The van der Waals surface area contributed by atoms with Gasteiger partial charge < -0.3 is 0 Å². The number of rotatable bonds is 3. The summed E-state index contributed by atoms with van der Waals surface area (Å²) in [5.74, 6) is 0. The van der Waals surface area contributed by atoms with Crippen LogP contribution < -0.4 is 0 Å². The number of aryl methyl sites for hydroxylation is 2. The smallest absolute Gasteiger partial charge is 0.100 e. The number of alkyl halides is 1. The van der Waals surface area contributed by atoms with Crippen LogP contribution >= 0.6 is 11.6 Å². The van der Waals surface area contributed by atoms with Crippen LogP contribution in [0, 0.1) is 13.8 Å². The minimum atomic E-state index is -0.107. The molecule has 0 N–H and O–H groups in total. The average molecular weight is 306 g/mol. The van der Waals surface area contributed by atoms with Gasteiger partial charge in [0.05, 0.1) is 18.1 Å². The van der Waals surface area contributed by atoms with Gasteiger partial charge in [-0.05, 0) is 48.4 Å². The van der Waals surface area contributed by atoms with E-state index in [1.165, 1.54) is 22.3 Å². The fourth-order valence-electron chi connectivity index (χ4n) is 2.41. The van der Waals surface area contributed by atoms with Crippen LogP contribution in [0.15, 0.2) is 18.3 Å². The standard InChI is InChI=1S/C17H24ClN3/c1-11-7-14(17(4,5)6)8-12(2)15(11)9-21-10-16(13(3)18)19-20-21/h7-8,10,13H,9H2,1-6H3. The van der Waals surface area contributed by atoms with Gasteiger partial charge in [-0.15, -0.1) is 16.7 Å². The Morgan fingerprint density at radius 2 is 1.76 bits per heavy atom. The van der Waals surface area contributed by atoms with Crippen molar-refractivity contribution in [2.75, 3.05) is 0 Å². The fraction of sp³-hybridized carbons (Fsp3) is 0.529. The second kappa shape index (κ2) is 5.80. The Morgan fingerprint density at radius 1 is 1.19 bits per heavy atom. The van der Waals surface area contributed by atoms with Gasteiger partial charge in [-0.25, -0.2) is 4.68 Å². The SMILES string of the molecule is Cc1cc(C(C)(C)C)cc(C)c1Cn1cc(C(C)Cl)nn1. The number of aromatic nitrogens is 3. The van der Waals surface area contributed by atoms with Crippen LogP contribution in [-0.2, 0) is 12.0 Å². The molecule has 3 nitrogen and oxygen atoms in total. The minimum absolute atomic E-state index is 0.107. The maximum absolute atomic E-state index is 6.04. The summed E-state index contributed by atoms with van der Waals surface area (Å²) in [5, 5.41) is 8.17. The zero-order valence-electron chi connectivity index (χ0n) is 13.7. The van der Waals surface area contributed by atoms with Gasteiger partial charge in [0.25, 0.3) is 0 Å². The lowest BCUT2D eigenvalue weighted by molar-refractivity contribution is 0.587. The van der Waals surface area contributed by atoms with Crippen molar-refractivity contribution in [3.8, 4) is 0 Å². The number of halogens is 1. The van der Waals surface area contributed by atoms with E-state index in [0.717, 1.165) is 12.2 Å². The van der Waals surface area contributed by atoms with E-state index < -0.39 is 0 Å². The van der Waals surface area contributed by atoms with Crippen molar-refractivity contribution >= 4 is 11.6 Å². The molecule has 0 saturated heterocycles. The van der Waals surface area contributed by atoms with Gasteiger partial charge in [0, 0.05) is 0 Å². The van der Waals surface area contributed by atoms with Gasteiger partial charge in [0.2, 0.25) is 0 Å². The Hall–Kier alpha value is -1.35. The molecule has 0 saturated carbocycles. The quantitative estimate of drug-likeness (QED) is 0.779. The molecule has 0 aliphatic carbocycles. The van der Waals surface area contributed by atoms with E-state index in [4.69, 9.17) is 11.6 Å². The molecule has 0 fully saturated rings. The molecule has 0 radical (unpaired) electrons. The molecule has 0 spiro atoms. The van der Waals surface area contributed by atoms with Crippen molar-refractivity contribution in [3.63, 3.8) is 0 Å². The summed E-state index contributed by atoms with van der Waals surface area (Å²) in [4.78, 5) is 0. The van der Waals surface area contributed by atoms with Crippen molar-refractivity contribution in [3.05, 3.63) is 46.3 Å². The first kappa shape index (κ1) is 16.0. The highest BCUT2D eigenvalue weighted by molar-refractivity contribution is 6.20. The molecule has 114 valence electrons. The monoisotopic (exact) mass is 305 g/mol. The normalized spacial score (nSPS) is 13.5. The highest BCUT2D eigenvalue weighted by Crippen LogP contribution is 2.27. The predicted molar refractivity (Wildman–Crippen MR) is 88.0 cm³/mol. The van der Waals surface area contributed by atoms with Crippen molar-refractivity contribution in [1.82, 2.24) is 15.0 Å².